The largest absolute Gasteiger partial charge is 0.444 e. The van der Waals surface area contributed by atoms with Crippen molar-refractivity contribution in [2.45, 2.75) is 136 Å². The van der Waals surface area contributed by atoms with Gasteiger partial charge in [0.05, 0.1) is 12.6 Å². The number of unbranched alkanes of at least 4 members (excludes halogenated alkanes) is 10. The van der Waals surface area contributed by atoms with Gasteiger partial charge in [-0.15, -0.1) is 0 Å². The molecule has 5 heteroatoms. The standard InChI is InChI=1S/C26H47NO4/c1-7-8-9-10-11-12-13-14-15-16-17-18-23(28)20-19-22-21-30-26(5,6)27(22)24(29)31-25(2,3)4/h19-20,22H,7-18,21H2,1-6H3/b20-19+. The molecule has 1 unspecified atom stereocenters. The van der Waals surface area contributed by atoms with Crippen LogP contribution in [0.3, 0.4) is 0 Å². The van der Waals surface area contributed by atoms with Crippen molar-refractivity contribution in [1.29, 1.82) is 0 Å². The number of rotatable bonds is 14. The normalized spacial score (nSPS) is 18.6. The van der Waals surface area contributed by atoms with Crippen molar-refractivity contribution in [3.05, 3.63) is 12.2 Å². The molecule has 1 saturated heterocycles. The number of carbonyl (C=O) groups is 2. The van der Waals surface area contributed by atoms with Crippen LogP contribution in [-0.4, -0.2) is 40.8 Å². The van der Waals surface area contributed by atoms with Gasteiger partial charge in [-0.3, -0.25) is 9.69 Å². The summed E-state index contributed by atoms with van der Waals surface area (Å²) in [6, 6.07) is -0.286. The minimum Gasteiger partial charge on any atom is -0.444 e. The Balaban J connectivity index is 2.27. The van der Waals surface area contributed by atoms with Gasteiger partial charge >= 0.3 is 6.09 Å². The zero-order valence-electron chi connectivity index (χ0n) is 21.0. The van der Waals surface area contributed by atoms with Gasteiger partial charge in [-0.05, 0) is 47.1 Å². The van der Waals surface area contributed by atoms with E-state index in [-0.39, 0.29) is 11.8 Å². The molecule has 0 aliphatic carbocycles. The highest BCUT2D eigenvalue weighted by atomic mass is 16.6. The lowest BCUT2D eigenvalue weighted by Crippen LogP contribution is -2.49. The van der Waals surface area contributed by atoms with Crippen LogP contribution in [0.25, 0.3) is 0 Å². The highest BCUT2D eigenvalue weighted by molar-refractivity contribution is 5.89. The van der Waals surface area contributed by atoms with Crippen molar-refractivity contribution in [2.24, 2.45) is 0 Å². The van der Waals surface area contributed by atoms with Crippen LogP contribution < -0.4 is 0 Å². The fourth-order valence-corrected chi connectivity index (χ4v) is 3.91. The van der Waals surface area contributed by atoms with Gasteiger partial charge in [-0.2, -0.15) is 0 Å². The SMILES string of the molecule is CCCCCCCCCCCCCC(=O)/C=C/C1COC(C)(C)N1C(=O)OC(C)(C)C. The van der Waals surface area contributed by atoms with Gasteiger partial charge < -0.3 is 9.47 Å². The van der Waals surface area contributed by atoms with Crippen molar-refractivity contribution < 1.29 is 19.1 Å². The number of nitrogens with zero attached hydrogens (tertiary/aromatic N) is 1. The third-order valence-electron chi connectivity index (χ3n) is 5.64. The lowest BCUT2D eigenvalue weighted by molar-refractivity contribution is -0.114. The minimum absolute atomic E-state index is 0.116. The fraction of sp³-hybridized carbons (Fsp3) is 0.846. The van der Waals surface area contributed by atoms with Gasteiger partial charge in [-0.25, -0.2) is 4.79 Å². The summed E-state index contributed by atoms with van der Waals surface area (Å²) in [5, 5.41) is 0. The Bertz CT molecular complexity index is 562. The maximum absolute atomic E-state index is 12.6. The molecule has 1 atom stereocenters. The third kappa shape index (κ3) is 11.7. The summed E-state index contributed by atoms with van der Waals surface area (Å²) in [5.41, 5.74) is -1.33. The smallest absolute Gasteiger partial charge is 0.413 e. The zero-order valence-corrected chi connectivity index (χ0v) is 21.0. The highest BCUT2D eigenvalue weighted by Gasteiger charge is 2.44. The van der Waals surface area contributed by atoms with E-state index in [0.717, 1.165) is 12.8 Å². The Morgan fingerprint density at radius 2 is 1.48 bits per heavy atom. The first-order valence-corrected chi connectivity index (χ1v) is 12.4. The van der Waals surface area contributed by atoms with Crippen molar-refractivity contribution in [1.82, 2.24) is 4.90 Å². The summed E-state index contributed by atoms with van der Waals surface area (Å²) in [5.74, 6) is 0.116. The van der Waals surface area contributed by atoms with Crippen LogP contribution in [0.2, 0.25) is 0 Å². The van der Waals surface area contributed by atoms with Gasteiger partial charge in [0.1, 0.15) is 11.3 Å². The number of amides is 1. The van der Waals surface area contributed by atoms with E-state index in [2.05, 4.69) is 6.92 Å². The number of hydrogen-bond donors (Lipinski definition) is 0. The second-order valence-corrected chi connectivity index (χ2v) is 10.3. The molecule has 31 heavy (non-hydrogen) atoms. The average Bonchev–Trinajstić information content (AvgIpc) is 2.97. The lowest BCUT2D eigenvalue weighted by Gasteiger charge is -2.34. The molecule has 0 aromatic carbocycles. The Morgan fingerprint density at radius 1 is 0.968 bits per heavy atom. The van der Waals surface area contributed by atoms with E-state index < -0.39 is 17.4 Å². The predicted molar refractivity (Wildman–Crippen MR) is 127 cm³/mol. The Morgan fingerprint density at radius 3 is 2.00 bits per heavy atom. The monoisotopic (exact) mass is 437 g/mol. The van der Waals surface area contributed by atoms with Crippen molar-refractivity contribution in [3.63, 3.8) is 0 Å². The summed E-state index contributed by atoms with van der Waals surface area (Å²) >= 11 is 0. The molecule has 0 bridgehead atoms. The molecule has 0 radical (unpaired) electrons. The molecule has 0 aromatic heterocycles. The third-order valence-corrected chi connectivity index (χ3v) is 5.64. The van der Waals surface area contributed by atoms with Gasteiger partial charge in [-0.1, -0.05) is 77.2 Å². The maximum atomic E-state index is 12.6. The van der Waals surface area contributed by atoms with E-state index in [4.69, 9.17) is 9.47 Å². The second kappa shape index (κ2) is 13.9. The summed E-state index contributed by atoms with van der Waals surface area (Å²) in [7, 11) is 0. The molecule has 1 heterocycles. The molecule has 1 rings (SSSR count). The van der Waals surface area contributed by atoms with Crippen LogP contribution in [0.1, 0.15) is 119 Å². The molecule has 1 fully saturated rings. The number of ether oxygens (including phenoxy) is 2. The first-order chi connectivity index (χ1) is 14.6. The highest BCUT2D eigenvalue weighted by Crippen LogP contribution is 2.30. The predicted octanol–water partition coefficient (Wildman–Crippen LogP) is 7.18. The zero-order chi connectivity index (χ0) is 23.3. The molecule has 1 aliphatic heterocycles. The summed E-state index contributed by atoms with van der Waals surface area (Å²) in [6.07, 6.45) is 17.6. The van der Waals surface area contributed by atoms with Crippen LogP contribution in [0.4, 0.5) is 4.79 Å². The molecule has 180 valence electrons. The van der Waals surface area contributed by atoms with Crippen LogP contribution >= 0.6 is 0 Å². The molecule has 0 spiro atoms. The van der Waals surface area contributed by atoms with E-state index >= 15 is 0 Å². The second-order valence-electron chi connectivity index (χ2n) is 10.3. The summed E-state index contributed by atoms with van der Waals surface area (Å²) in [4.78, 5) is 26.5. The number of ketones is 1. The van der Waals surface area contributed by atoms with Crippen LogP contribution in [-0.2, 0) is 14.3 Å². The van der Waals surface area contributed by atoms with E-state index in [9.17, 15) is 9.59 Å². The molecule has 1 amide bonds. The summed E-state index contributed by atoms with van der Waals surface area (Å²) < 4.78 is 11.3. The molecule has 0 N–H and O–H groups in total. The van der Waals surface area contributed by atoms with Gasteiger partial charge in [0, 0.05) is 6.42 Å². The minimum atomic E-state index is -0.754. The number of allylic oxidation sites excluding steroid dienone is 1. The molecular formula is C26H47NO4. The fourth-order valence-electron chi connectivity index (χ4n) is 3.91. The van der Waals surface area contributed by atoms with E-state index in [1.54, 1.807) is 17.1 Å². The lowest BCUT2D eigenvalue weighted by atomic mass is 10.0. The molecular weight excluding hydrogens is 390 g/mol. The van der Waals surface area contributed by atoms with Gasteiger partial charge in [0.2, 0.25) is 0 Å². The Kier molecular flexibility index (Phi) is 12.4. The molecule has 0 aromatic rings. The Labute approximate surface area is 190 Å². The number of carbonyl (C=O) groups excluding carboxylic acids is 2. The summed E-state index contributed by atoms with van der Waals surface area (Å²) in [6.45, 7) is 11.8. The van der Waals surface area contributed by atoms with E-state index in [1.165, 1.54) is 57.8 Å². The first-order valence-electron chi connectivity index (χ1n) is 12.4. The van der Waals surface area contributed by atoms with Crippen molar-refractivity contribution >= 4 is 11.9 Å². The average molecular weight is 438 g/mol. The first kappa shape index (κ1) is 27.7. The van der Waals surface area contributed by atoms with E-state index in [0.29, 0.717) is 13.0 Å². The van der Waals surface area contributed by atoms with Crippen molar-refractivity contribution in [2.75, 3.05) is 6.61 Å². The molecule has 1 aliphatic rings. The quantitative estimate of drug-likeness (QED) is 0.213. The van der Waals surface area contributed by atoms with E-state index in [1.807, 2.05) is 34.6 Å². The van der Waals surface area contributed by atoms with Crippen molar-refractivity contribution in [3.8, 4) is 0 Å². The maximum Gasteiger partial charge on any atom is 0.413 e. The number of hydrogen-bond acceptors (Lipinski definition) is 4. The Hall–Kier alpha value is -1.36. The molecule has 5 nitrogen and oxygen atoms in total. The topological polar surface area (TPSA) is 55.8 Å². The van der Waals surface area contributed by atoms with Crippen LogP contribution in [0.5, 0.6) is 0 Å². The van der Waals surface area contributed by atoms with Crippen LogP contribution in [0.15, 0.2) is 12.2 Å². The van der Waals surface area contributed by atoms with Gasteiger partial charge in [0.25, 0.3) is 0 Å². The van der Waals surface area contributed by atoms with Gasteiger partial charge in [0.15, 0.2) is 5.78 Å². The molecule has 0 saturated carbocycles. The van der Waals surface area contributed by atoms with Crippen LogP contribution in [0, 0.1) is 0 Å².